The largest absolute Gasteiger partial charge is 0.396 e. The average Bonchev–Trinajstić information content (AvgIpc) is 1.98. The highest BCUT2D eigenvalue weighted by molar-refractivity contribution is 4.64. The molecule has 0 aromatic carbocycles. The summed E-state index contributed by atoms with van der Waals surface area (Å²) in [4.78, 5) is 0. The van der Waals surface area contributed by atoms with Crippen molar-refractivity contribution in [1.29, 1.82) is 0 Å². The van der Waals surface area contributed by atoms with Crippen molar-refractivity contribution >= 4 is 0 Å². The molecule has 0 aliphatic rings. The standard InChI is InChI=1S/C6H14O4/c7-3-1-2-5(9)6(10)4-8/h5-10H,1-4H2/t5-,6+/m1/s1. The highest BCUT2D eigenvalue weighted by Gasteiger charge is 2.13. The molecule has 0 saturated heterocycles. The van der Waals surface area contributed by atoms with Gasteiger partial charge in [0.1, 0.15) is 6.10 Å². The molecule has 2 atom stereocenters. The minimum Gasteiger partial charge on any atom is -0.396 e. The van der Waals surface area contributed by atoms with Crippen molar-refractivity contribution in [3.05, 3.63) is 0 Å². The summed E-state index contributed by atoms with van der Waals surface area (Å²) in [5, 5.41) is 34.3. The first-order valence-electron chi connectivity index (χ1n) is 3.30. The molecule has 4 nitrogen and oxygen atoms in total. The van der Waals surface area contributed by atoms with E-state index in [9.17, 15) is 0 Å². The maximum absolute atomic E-state index is 8.93. The van der Waals surface area contributed by atoms with E-state index in [0.717, 1.165) is 0 Å². The molecular formula is C6H14O4. The zero-order valence-corrected chi connectivity index (χ0v) is 5.77. The third-order valence-corrected chi connectivity index (χ3v) is 1.29. The molecule has 0 aliphatic heterocycles. The highest BCUT2D eigenvalue weighted by atomic mass is 16.4. The highest BCUT2D eigenvalue weighted by Crippen LogP contribution is 2.00. The van der Waals surface area contributed by atoms with Crippen LogP contribution < -0.4 is 0 Å². The maximum atomic E-state index is 8.93. The predicted octanol–water partition coefficient (Wildman–Crippen LogP) is -1.53. The molecule has 0 unspecified atom stereocenters. The molecule has 0 bridgehead atoms. The van der Waals surface area contributed by atoms with Crippen molar-refractivity contribution in [3.63, 3.8) is 0 Å². The lowest BCUT2D eigenvalue weighted by Crippen LogP contribution is -2.29. The molecule has 0 aromatic rings. The summed E-state index contributed by atoms with van der Waals surface area (Å²) >= 11 is 0. The van der Waals surface area contributed by atoms with E-state index in [1.165, 1.54) is 0 Å². The second kappa shape index (κ2) is 5.61. The van der Waals surface area contributed by atoms with Crippen LogP contribution in [0.1, 0.15) is 12.8 Å². The first kappa shape index (κ1) is 9.84. The van der Waals surface area contributed by atoms with Gasteiger partial charge < -0.3 is 20.4 Å². The third-order valence-electron chi connectivity index (χ3n) is 1.29. The molecule has 10 heavy (non-hydrogen) atoms. The van der Waals surface area contributed by atoms with Crippen LogP contribution in [0.15, 0.2) is 0 Å². The fourth-order valence-electron chi connectivity index (χ4n) is 0.614. The Morgan fingerprint density at radius 1 is 1.00 bits per heavy atom. The van der Waals surface area contributed by atoms with E-state index in [2.05, 4.69) is 0 Å². The van der Waals surface area contributed by atoms with Crippen molar-refractivity contribution in [3.8, 4) is 0 Å². The van der Waals surface area contributed by atoms with Gasteiger partial charge in [-0.25, -0.2) is 0 Å². The minimum atomic E-state index is -1.08. The van der Waals surface area contributed by atoms with Gasteiger partial charge in [0.15, 0.2) is 0 Å². The number of rotatable bonds is 5. The quantitative estimate of drug-likeness (QED) is 0.383. The van der Waals surface area contributed by atoms with Gasteiger partial charge in [-0.15, -0.1) is 0 Å². The lowest BCUT2D eigenvalue weighted by Gasteiger charge is -2.13. The topological polar surface area (TPSA) is 80.9 Å². The summed E-state index contributed by atoms with van der Waals surface area (Å²) < 4.78 is 0. The Morgan fingerprint density at radius 3 is 2.00 bits per heavy atom. The van der Waals surface area contributed by atoms with Gasteiger partial charge >= 0.3 is 0 Å². The fraction of sp³-hybridized carbons (Fsp3) is 1.00. The minimum absolute atomic E-state index is 0.00475. The van der Waals surface area contributed by atoms with Crippen molar-refractivity contribution in [2.75, 3.05) is 13.2 Å². The van der Waals surface area contributed by atoms with Crippen LogP contribution in [-0.2, 0) is 0 Å². The predicted molar refractivity (Wildman–Crippen MR) is 35.4 cm³/mol. The zero-order chi connectivity index (χ0) is 7.98. The van der Waals surface area contributed by atoms with E-state index >= 15 is 0 Å². The number of aliphatic hydroxyl groups is 4. The lowest BCUT2D eigenvalue weighted by molar-refractivity contribution is -0.0199. The van der Waals surface area contributed by atoms with Crippen LogP contribution in [0.5, 0.6) is 0 Å². The Labute approximate surface area is 59.7 Å². The van der Waals surface area contributed by atoms with Crippen molar-refractivity contribution in [1.82, 2.24) is 0 Å². The molecule has 0 saturated carbocycles. The first-order valence-corrected chi connectivity index (χ1v) is 3.30. The van der Waals surface area contributed by atoms with E-state index in [4.69, 9.17) is 20.4 Å². The molecule has 0 heterocycles. The SMILES string of the molecule is OCCC[C@@H](O)[C@@H](O)CO. The van der Waals surface area contributed by atoms with Crippen molar-refractivity contribution in [2.45, 2.75) is 25.0 Å². The molecule has 4 N–H and O–H groups in total. The molecule has 4 heteroatoms. The van der Waals surface area contributed by atoms with Crippen molar-refractivity contribution in [2.24, 2.45) is 0 Å². The fourth-order valence-corrected chi connectivity index (χ4v) is 0.614. The van der Waals surface area contributed by atoms with E-state index in [1.807, 2.05) is 0 Å². The van der Waals surface area contributed by atoms with Crippen molar-refractivity contribution < 1.29 is 20.4 Å². The summed E-state index contributed by atoms with van der Waals surface area (Å²) in [5.41, 5.74) is 0. The van der Waals surface area contributed by atoms with Crippen LogP contribution in [0.4, 0.5) is 0 Å². The third kappa shape index (κ3) is 3.79. The summed E-state index contributed by atoms with van der Waals surface area (Å²) in [6.45, 7) is -0.443. The first-order chi connectivity index (χ1) is 4.72. The zero-order valence-electron chi connectivity index (χ0n) is 5.77. The smallest absolute Gasteiger partial charge is 0.103 e. The van der Waals surface area contributed by atoms with Crippen LogP contribution in [0.3, 0.4) is 0 Å². The molecular weight excluding hydrogens is 136 g/mol. The summed E-state index contributed by atoms with van der Waals surface area (Å²) in [6.07, 6.45) is -1.24. The maximum Gasteiger partial charge on any atom is 0.103 e. The van der Waals surface area contributed by atoms with E-state index in [-0.39, 0.29) is 6.61 Å². The van der Waals surface area contributed by atoms with E-state index in [1.54, 1.807) is 0 Å². The summed E-state index contributed by atoms with van der Waals surface area (Å²) in [7, 11) is 0. The lowest BCUT2D eigenvalue weighted by atomic mass is 10.1. The molecule has 0 fully saturated rings. The normalized spacial score (nSPS) is 16.8. The Hall–Kier alpha value is -0.160. The molecule has 62 valence electrons. The Bertz CT molecular complexity index is 76.1. The van der Waals surface area contributed by atoms with Crippen LogP contribution >= 0.6 is 0 Å². The summed E-state index contributed by atoms with van der Waals surface area (Å²) in [5.74, 6) is 0. The number of hydrogen-bond donors (Lipinski definition) is 4. The van der Waals surface area contributed by atoms with Gasteiger partial charge in [-0.3, -0.25) is 0 Å². The molecule has 0 aromatic heterocycles. The Balaban J connectivity index is 3.31. The monoisotopic (exact) mass is 150 g/mol. The van der Waals surface area contributed by atoms with Crippen LogP contribution in [0.25, 0.3) is 0 Å². The van der Waals surface area contributed by atoms with Gasteiger partial charge in [-0.1, -0.05) is 0 Å². The Kier molecular flexibility index (Phi) is 5.52. The number of hydrogen-bond acceptors (Lipinski definition) is 4. The van der Waals surface area contributed by atoms with Crippen LogP contribution in [0, 0.1) is 0 Å². The van der Waals surface area contributed by atoms with Gasteiger partial charge in [-0.2, -0.15) is 0 Å². The summed E-state index contributed by atoms with van der Waals surface area (Å²) in [6, 6.07) is 0. The molecule has 0 aliphatic carbocycles. The van der Waals surface area contributed by atoms with Gasteiger partial charge in [0.25, 0.3) is 0 Å². The van der Waals surface area contributed by atoms with Gasteiger partial charge in [0.05, 0.1) is 12.7 Å². The van der Waals surface area contributed by atoms with Crippen LogP contribution in [0.2, 0.25) is 0 Å². The van der Waals surface area contributed by atoms with Gasteiger partial charge in [0, 0.05) is 6.61 Å². The molecule has 0 radical (unpaired) electrons. The van der Waals surface area contributed by atoms with E-state index in [0.29, 0.717) is 12.8 Å². The average molecular weight is 150 g/mol. The number of aliphatic hydroxyl groups excluding tert-OH is 4. The van der Waals surface area contributed by atoms with Crippen LogP contribution in [-0.4, -0.2) is 45.8 Å². The molecule has 0 spiro atoms. The Morgan fingerprint density at radius 2 is 1.60 bits per heavy atom. The second-order valence-corrected chi connectivity index (χ2v) is 2.18. The molecule has 0 rings (SSSR count). The molecule has 0 amide bonds. The van der Waals surface area contributed by atoms with Gasteiger partial charge in [-0.05, 0) is 12.8 Å². The second-order valence-electron chi connectivity index (χ2n) is 2.18. The van der Waals surface area contributed by atoms with E-state index < -0.39 is 18.8 Å². The van der Waals surface area contributed by atoms with Gasteiger partial charge in [0.2, 0.25) is 0 Å².